The normalized spacial score (nSPS) is 31.9. The number of nitrogen functional groups attached to an aromatic ring is 1. The summed E-state index contributed by atoms with van der Waals surface area (Å²) in [7, 11) is 0. The number of imidazole rings is 1. The molecule has 3 heterocycles. The van der Waals surface area contributed by atoms with Crippen LogP contribution in [-0.4, -0.2) is 60.3 Å². The molecule has 1 aliphatic carbocycles. The zero-order valence-electron chi connectivity index (χ0n) is 14.3. The number of hydrogen-bond donors (Lipinski definition) is 3. The lowest BCUT2D eigenvalue weighted by atomic mass is 10.1. The number of aliphatic hydroxyl groups excluding tert-OH is 2. The van der Waals surface area contributed by atoms with Crippen molar-refractivity contribution in [3.63, 3.8) is 0 Å². The van der Waals surface area contributed by atoms with E-state index in [1.54, 1.807) is 10.9 Å². The monoisotopic (exact) mass is 369 g/mol. The minimum absolute atomic E-state index is 0.186. The Morgan fingerprint density at radius 2 is 2.00 bits per heavy atom. The van der Waals surface area contributed by atoms with Gasteiger partial charge in [0.1, 0.15) is 35.8 Å². The Balaban J connectivity index is 1.37. The molecule has 0 bridgehead atoms. The third-order valence-electron chi connectivity index (χ3n) is 5.40. The number of nitrogens with zero attached hydrogens (tertiary/aromatic N) is 4. The first-order valence-corrected chi connectivity index (χ1v) is 8.70. The van der Waals surface area contributed by atoms with Gasteiger partial charge in [0, 0.05) is 0 Å². The van der Waals surface area contributed by atoms with E-state index in [2.05, 4.69) is 15.0 Å². The number of epoxide rings is 1. The molecule has 2 fully saturated rings. The van der Waals surface area contributed by atoms with E-state index in [4.69, 9.17) is 15.2 Å². The Morgan fingerprint density at radius 1 is 1.19 bits per heavy atom. The Labute approximate surface area is 154 Å². The van der Waals surface area contributed by atoms with Gasteiger partial charge in [-0.1, -0.05) is 30.3 Å². The summed E-state index contributed by atoms with van der Waals surface area (Å²) in [4.78, 5) is 12.4. The SMILES string of the molecule is Nc1ncnc2c1ncn2[C@H]1[C@H](O)[C@H](O)[C@]2(COCc3ccccc3)O[C@H]12. The predicted octanol–water partition coefficient (Wildman–Crippen LogP) is 0.0394. The molecule has 3 aromatic rings. The van der Waals surface area contributed by atoms with Gasteiger partial charge in [0.15, 0.2) is 11.5 Å². The Bertz CT molecular complexity index is 980. The molecular formula is C18H19N5O4. The molecule has 27 heavy (non-hydrogen) atoms. The predicted molar refractivity (Wildman–Crippen MR) is 94.5 cm³/mol. The summed E-state index contributed by atoms with van der Waals surface area (Å²) in [6.45, 7) is 0.592. The fourth-order valence-electron chi connectivity index (χ4n) is 3.96. The molecule has 1 saturated heterocycles. The van der Waals surface area contributed by atoms with Crippen molar-refractivity contribution in [1.82, 2.24) is 19.5 Å². The highest BCUT2D eigenvalue weighted by Gasteiger charge is 2.74. The average Bonchev–Trinajstić information content (AvgIpc) is 3.16. The number of rotatable bonds is 5. The first-order valence-electron chi connectivity index (χ1n) is 8.70. The molecule has 140 valence electrons. The van der Waals surface area contributed by atoms with Gasteiger partial charge in [-0.15, -0.1) is 0 Å². The molecule has 0 unspecified atom stereocenters. The highest BCUT2D eigenvalue weighted by Crippen LogP contribution is 2.55. The fraction of sp³-hybridized carbons (Fsp3) is 0.389. The smallest absolute Gasteiger partial charge is 0.165 e. The van der Waals surface area contributed by atoms with Gasteiger partial charge >= 0.3 is 0 Å². The van der Waals surface area contributed by atoms with Crippen molar-refractivity contribution in [1.29, 1.82) is 0 Å². The molecule has 0 radical (unpaired) electrons. The number of hydrogen-bond acceptors (Lipinski definition) is 8. The van der Waals surface area contributed by atoms with Crippen molar-refractivity contribution in [2.75, 3.05) is 12.3 Å². The molecule has 0 amide bonds. The van der Waals surface area contributed by atoms with E-state index in [1.807, 2.05) is 30.3 Å². The number of aliphatic hydroxyl groups is 2. The Morgan fingerprint density at radius 3 is 2.81 bits per heavy atom. The summed E-state index contributed by atoms with van der Waals surface area (Å²) < 4.78 is 13.3. The summed E-state index contributed by atoms with van der Waals surface area (Å²) >= 11 is 0. The highest BCUT2D eigenvalue weighted by molar-refractivity contribution is 5.81. The van der Waals surface area contributed by atoms with Gasteiger partial charge in [-0.25, -0.2) is 15.0 Å². The molecule has 1 saturated carbocycles. The average molecular weight is 369 g/mol. The minimum atomic E-state index is -1.07. The van der Waals surface area contributed by atoms with Crippen LogP contribution in [0.2, 0.25) is 0 Å². The van der Waals surface area contributed by atoms with Crippen LogP contribution in [0.15, 0.2) is 43.0 Å². The van der Waals surface area contributed by atoms with Crippen LogP contribution in [0.5, 0.6) is 0 Å². The molecule has 1 aromatic carbocycles. The lowest BCUT2D eigenvalue weighted by molar-refractivity contribution is -0.0720. The molecule has 2 aromatic heterocycles. The molecule has 1 aliphatic heterocycles. The van der Waals surface area contributed by atoms with E-state index >= 15 is 0 Å². The van der Waals surface area contributed by atoms with Crippen LogP contribution < -0.4 is 5.73 Å². The van der Waals surface area contributed by atoms with Crippen molar-refractivity contribution in [2.24, 2.45) is 0 Å². The summed E-state index contributed by atoms with van der Waals surface area (Å²) in [5.74, 6) is 0.265. The number of nitrogens with two attached hydrogens (primary N) is 1. The molecule has 2 aliphatic rings. The van der Waals surface area contributed by atoms with E-state index in [9.17, 15) is 10.2 Å². The molecule has 5 rings (SSSR count). The van der Waals surface area contributed by atoms with Crippen LogP contribution in [0.4, 0.5) is 5.82 Å². The van der Waals surface area contributed by atoms with Crippen molar-refractivity contribution < 1.29 is 19.7 Å². The Kier molecular flexibility index (Phi) is 3.66. The topological polar surface area (TPSA) is 132 Å². The largest absolute Gasteiger partial charge is 0.388 e. The van der Waals surface area contributed by atoms with Crippen LogP contribution >= 0.6 is 0 Å². The van der Waals surface area contributed by atoms with E-state index < -0.39 is 30.0 Å². The van der Waals surface area contributed by atoms with E-state index in [0.29, 0.717) is 17.8 Å². The molecule has 4 N–H and O–H groups in total. The van der Waals surface area contributed by atoms with E-state index in [0.717, 1.165) is 5.56 Å². The second-order valence-corrected chi connectivity index (χ2v) is 6.98. The molecular weight excluding hydrogens is 350 g/mol. The number of benzene rings is 1. The minimum Gasteiger partial charge on any atom is -0.388 e. The van der Waals surface area contributed by atoms with Gasteiger partial charge in [0.05, 0.1) is 25.6 Å². The Hall–Kier alpha value is -2.59. The van der Waals surface area contributed by atoms with Crippen LogP contribution in [0, 0.1) is 0 Å². The number of anilines is 1. The van der Waals surface area contributed by atoms with E-state index in [-0.39, 0.29) is 12.4 Å². The summed E-state index contributed by atoms with van der Waals surface area (Å²) in [5.41, 5.74) is 6.89. The third kappa shape index (κ3) is 2.43. The standard InChI is InChI=1S/C18H19N5O4/c19-16-11-17(21-8-20-16)23(9-22-11)12-13(24)14(25)18(15(12)27-18)7-26-6-10-4-2-1-3-5-10/h1-5,8-9,12-15,24-25H,6-7H2,(H2,19,20,21)/t12-,13-,14-,15+,18-/m0/s1. The number of aromatic nitrogens is 4. The van der Waals surface area contributed by atoms with Crippen molar-refractivity contribution in [2.45, 2.75) is 36.6 Å². The maximum Gasteiger partial charge on any atom is 0.165 e. The molecule has 5 atom stereocenters. The maximum absolute atomic E-state index is 10.6. The van der Waals surface area contributed by atoms with Crippen molar-refractivity contribution in [3.05, 3.63) is 48.5 Å². The van der Waals surface area contributed by atoms with Crippen molar-refractivity contribution >= 4 is 17.0 Å². The molecule has 0 spiro atoms. The van der Waals surface area contributed by atoms with Crippen LogP contribution in [-0.2, 0) is 16.1 Å². The zero-order chi connectivity index (χ0) is 18.6. The van der Waals surface area contributed by atoms with Gasteiger partial charge in [0.25, 0.3) is 0 Å². The maximum atomic E-state index is 10.6. The van der Waals surface area contributed by atoms with Crippen molar-refractivity contribution in [3.8, 4) is 0 Å². The zero-order valence-corrected chi connectivity index (χ0v) is 14.3. The van der Waals surface area contributed by atoms with Gasteiger partial charge in [-0.3, -0.25) is 0 Å². The lowest BCUT2D eigenvalue weighted by Gasteiger charge is -2.23. The first kappa shape index (κ1) is 16.6. The summed E-state index contributed by atoms with van der Waals surface area (Å²) in [6, 6.07) is 9.22. The fourth-order valence-corrected chi connectivity index (χ4v) is 3.96. The second-order valence-electron chi connectivity index (χ2n) is 6.98. The second kappa shape index (κ2) is 5.96. The molecule has 9 heteroatoms. The molecule has 9 nitrogen and oxygen atoms in total. The third-order valence-corrected chi connectivity index (χ3v) is 5.40. The van der Waals surface area contributed by atoms with Crippen LogP contribution in [0.3, 0.4) is 0 Å². The van der Waals surface area contributed by atoms with Gasteiger partial charge in [0.2, 0.25) is 0 Å². The quantitative estimate of drug-likeness (QED) is 0.537. The van der Waals surface area contributed by atoms with Crippen LogP contribution in [0.1, 0.15) is 11.6 Å². The lowest BCUT2D eigenvalue weighted by Crippen LogP contribution is -2.40. The number of ether oxygens (including phenoxy) is 2. The van der Waals surface area contributed by atoms with E-state index in [1.165, 1.54) is 6.33 Å². The van der Waals surface area contributed by atoms with Crippen LogP contribution in [0.25, 0.3) is 11.2 Å². The van der Waals surface area contributed by atoms with Gasteiger partial charge < -0.3 is 30.0 Å². The summed E-state index contributed by atoms with van der Waals surface area (Å²) in [6.07, 6.45) is 0.390. The number of fused-ring (bicyclic) bond motifs is 2. The van der Waals surface area contributed by atoms with Gasteiger partial charge in [-0.05, 0) is 5.56 Å². The first-order chi connectivity index (χ1) is 13.1. The summed E-state index contributed by atoms with van der Waals surface area (Å²) in [5, 5.41) is 21.2. The van der Waals surface area contributed by atoms with Gasteiger partial charge in [-0.2, -0.15) is 0 Å². The highest BCUT2D eigenvalue weighted by atomic mass is 16.7.